The fourth-order valence-electron chi connectivity index (χ4n) is 4.68. The molecule has 0 aliphatic carbocycles. The molecule has 0 saturated carbocycles. The van der Waals surface area contributed by atoms with Crippen molar-refractivity contribution >= 4 is 46.2 Å². The van der Waals surface area contributed by atoms with E-state index in [2.05, 4.69) is 36.6 Å². The van der Waals surface area contributed by atoms with Crippen LogP contribution in [0.25, 0.3) is 0 Å². The Balaban J connectivity index is 1.23. The number of carbonyl (C=O) groups is 3. The second-order valence-electron chi connectivity index (χ2n) is 10.8. The number of amides is 3. The number of benzene rings is 3. The largest absolute Gasteiger partial charge is 0.467 e. The summed E-state index contributed by atoms with van der Waals surface area (Å²) in [6.45, 7) is 6.31. The van der Waals surface area contributed by atoms with Gasteiger partial charge in [0, 0.05) is 5.69 Å². The highest BCUT2D eigenvalue weighted by Gasteiger charge is 2.39. The molecule has 0 bridgehead atoms. The Morgan fingerprint density at radius 1 is 0.978 bits per heavy atom. The molecule has 45 heavy (non-hydrogen) atoms. The molecular weight excluding hydrogens is 588 g/mol. The lowest BCUT2D eigenvalue weighted by atomic mass is 9.99. The van der Waals surface area contributed by atoms with E-state index in [0.29, 0.717) is 22.5 Å². The highest BCUT2D eigenvalue weighted by Crippen LogP contribution is 2.41. The molecule has 1 aliphatic heterocycles. The SMILES string of the molecule is CCC(C)c1ccc(N=C2SC(c3ccc(NC(=O)[C@@H](C)NC(=O)OCc4ccccc4)cc3)C(=O)N2Cc2ccco2)cc1. The highest BCUT2D eigenvalue weighted by atomic mass is 32.2. The van der Waals surface area contributed by atoms with Gasteiger partial charge in [0.05, 0.1) is 18.5 Å². The number of carbonyl (C=O) groups excluding carboxylic acids is 3. The fraction of sp³-hybridized carbons (Fsp3) is 0.257. The quantitative estimate of drug-likeness (QED) is 0.178. The van der Waals surface area contributed by atoms with Crippen molar-refractivity contribution in [3.05, 3.63) is 120 Å². The van der Waals surface area contributed by atoms with Crippen molar-refractivity contribution in [3.8, 4) is 0 Å². The van der Waals surface area contributed by atoms with Gasteiger partial charge in [-0.3, -0.25) is 14.5 Å². The van der Waals surface area contributed by atoms with Crippen LogP contribution in [-0.4, -0.2) is 34.0 Å². The van der Waals surface area contributed by atoms with Gasteiger partial charge in [0.2, 0.25) is 11.8 Å². The third-order valence-corrected chi connectivity index (χ3v) is 8.79. The maximum absolute atomic E-state index is 13.7. The van der Waals surface area contributed by atoms with E-state index in [1.54, 1.807) is 36.3 Å². The zero-order valence-electron chi connectivity index (χ0n) is 25.4. The van der Waals surface area contributed by atoms with Crippen LogP contribution in [0.3, 0.4) is 0 Å². The maximum Gasteiger partial charge on any atom is 0.408 e. The van der Waals surface area contributed by atoms with E-state index in [-0.39, 0.29) is 19.1 Å². The molecule has 1 aliphatic rings. The smallest absolute Gasteiger partial charge is 0.408 e. The summed E-state index contributed by atoms with van der Waals surface area (Å²) in [5, 5.41) is 5.42. The number of nitrogens with one attached hydrogen (secondary N) is 2. The van der Waals surface area contributed by atoms with Crippen LogP contribution in [-0.2, 0) is 27.5 Å². The van der Waals surface area contributed by atoms with Gasteiger partial charge in [0.15, 0.2) is 5.17 Å². The second kappa shape index (κ2) is 14.8. The number of thioether (sulfide) groups is 1. The molecule has 9 nitrogen and oxygen atoms in total. The minimum absolute atomic E-state index is 0.102. The Hall–Kier alpha value is -4.83. The number of aliphatic imine (C=N–C) groups is 1. The molecule has 1 saturated heterocycles. The van der Waals surface area contributed by atoms with Crippen molar-refractivity contribution in [1.82, 2.24) is 10.2 Å². The Kier molecular flexibility index (Phi) is 10.4. The number of alkyl carbamates (subject to hydrolysis) is 1. The summed E-state index contributed by atoms with van der Waals surface area (Å²) in [7, 11) is 0. The van der Waals surface area contributed by atoms with E-state index < -0.39 is 23.3 Å². The van der Waals surface area contributed by atoms with E-state index in [4.69, 9.17) is 14.1 Å². The summed E-state index contributed by atoms with van der Waals surface area (Å²) in [6.07, 6.45) is 1.96. The minimum Gasteiger partial charge on any atom is -0.467 e. The standard InChI is InChI=1S/C35H36N4O5S/c1-4-23(2)26-12-16-29(17-13-26)38-34-39(21-30-11-8-20-43-30)33(41)31(45-34)27-14-18-28(19-15-27)37-32(40)24(3)36-35(42)44-22-25-9-6-5-7-10-25/h5-20,23-24,31H,4,21-22H2,1-3H3,(H,36,42)(H,37,40)/t23?,24-,31?/m1/s1. The van der Waals surface area contributed by atoms with Crippen LogP contribution in [0.1, 0.15) is 60.8 Å². The molecule has 3 aromatic carbocycles. The third-order valence-electron chi connectivity index (χ3n) is 7.56. The highest BCUT2D eigenvalue weighted by molar-refractivity contribution is 8.15. The van der Waals surface area contributed by atoms with Crippen LogP contribution in [0.15, 0.2) is 107 Å². The lowest BCUT2D eigenvalue weighted by Gasteiger charge is -2.16. The molecule has 3 amide bonds. The summed E-state index contributed by atoms with van der Waals surface area (Å²) < 4.78 is 10.7. The van der Waals surface area contributed by atoms with E-state index in [0.717, 1.165) is 23.2 Å². The summed E-state index contributed by atoms with van der Waals surface area (Å²) in [6, 6.07) is 27.3. The number of rotatable bonds is 11. The molecule has 4 aromatic rings. The molecule has 2 N–H and O–H groups in total. The van der Waals surface area contributed by atoms with Crippen molar-refractivity contribution in [3.63, 3.8) is 0 Å². The average Bonchev–Trinajstić information content (AvgIpc) is 3.69. The maximum atomic E-state index is 13.7. The van der Waals surface area contributed by atoms with Crippen LogP contribution >= 0.6 is 11.8 Å². The van der Waals surface area contributed by atoms with Gasteiger partial charge >= 0.3 is 6.09 Å². The molecule has 1 fully saturated rings. The minimum atomic E-state index is -0.826. The monoisotopic (exact) mass is 624 g/mol. The van der Waals surface area contributed by atoms with E-state index in [1.807, 2.05) is 60.7 Å². The second-order valence-corrected chi connectivity index (χ2v) is 11.9. The first-order valence-corrected chi connectivity index (χ1v) is 15.8. The number of nitrogens with zero attached hydrogens (tertiary/aromatic N) is 2. The van der Waals surface area contributed by atoms with Crippen LogP contribution < -0.4 is 10.6 Å². The Labute approximate surface area is 267 Å². The summed E-state index contributed by atoms with van der Waals surface area (Å²) in [4.78, 5) is 45.1. The van der Waals surface area contributed by atoms with Crippen molar-refractivity contribution < 1.29 is 23.5 Å². The number of hydrogen-bond donors (Lipinski definition) is 2. The lowest BCUT2D eigenvalue weighted by Crippen LogP contribution is -2.41. The number of ether oxygens (including phenoxy) is 1. The first kappa shape index (κ1) is 31.6. The number of anilines is 1. The third kappa shape index (κ3) is 8.21. The van der Waals surface area contributed by atoms with Crippen LogP contribution in [0, 0.1) is 0 Å². The molecular formula is C35H36N4O5S. The molecule has 0 spiro atoms. The Morgan fingerprint density at radius 3 is 2.38 bits per heavy atom. The van der Waals surface area contributed by atoms with Crippen LogP contribution in [0.2, 0.25) is 0 Å². The Morgan fingerprint density at radius 2 is 1.71 bits per heavy atom. The normalized spacial score (nSPS) is 16.8. The molecule has 232 valence electrons. The van der Waals surface area contributed by atoms with Crippen molar-refractivity contribution in [1.29, 1.82) is 0 Å². The molecule has 10 heteroatoms. The average molecular weight is 625 g/mol. The Bertz CT molecular complexity index is 1620. The first-order chi connectivity index (χ1) is 21.8. The van der Waals surface area contributed by atoms with Gasteiger partial charge in [-0.05, 0) is 72.4 Å². The molecule has 3 atom stereocenters. The van der Waals surface area contributed by atoms with Crippen molar-refractivity contribution in [2.45, 2.75) is 57.6 Å². The molecule has 1 aromatic heterocycles. The van der Waals surface area contributed by atoms with Gasteiger partial charge in [0.25, 0.3) is 0 Å². The molecule has 0 radical (unpaired) electrons. The van der Waals surface area contributed by atoms with Crippen molar-refractivity contribution in [2.75, 3.05) is 5.32 Å². The van der Waals surface area contributed by atoms with Crippen molar-refractivity contribution in [2.24, 2.45) is 4.99 Å². The summed E-state index contributed by atoms with van der Waals surface area (Å²) >= 11 is 1.38. The lowest BCUT2D eigenvalue weighted by molar-refractivity contribution is -0.126. The number of hydrogen-bond acceptors (Lipinski definition) is 7. The van der Waals surface area contributed by atoms with Crippen LogP contribution in [0.4, 0.5) is 16.2 Å². The predicted octanol–water partition coefficient (Wildman–Crippen LogP) is 7.55. The number of furan rings is 1. The molecule has 2 heterocycles. The number of amidine groups is 1. The summed E-state index contributed by atoms with van der Waals surface area (Å²) in [5.41, 5.74) is 4.19. The molecule has 2 unspecified atom stereocenters. The van der Waals surface area contributed by atoms with Gasteiger partial charge in [-0.1, -0.05) is 80.2 Å². The van der Waals surface area contributed by atoms with E-state index >= 15 is 0 Å². The van der Waals surface area contributed by atoms with Crippen LogP contribution in [0.5, 0.6) is 0 Å². The fourth-order valence-corrected chi connectivity index (χ4v) is 5.85. The first-order valence-electron chi connectivity index (χ1n) is 14.9. The van der Waals surface area contributed by atoms with Gasteiger partial charge < -0.3 is 19.8 Å². The van der Waals surface area contributed by atoms with Gasteiger partial charge in [-0.2, -0.15) is 0 Å². The zero-order valence-corrected chi connectivity index (χ0v) is 26.3. The van der Waals surface area contributed by atoms with E-state index in [1.165, 1.54) is 17.3 Å². The summed E-state index contributed by atoms with van der Waals surface area (Å²) in [5.74, 6) is 0.621. The predicted molar refractivity (Wildman–Crippen MR) is 176 cm³/mol. The van der Waals surface area contributed by atoms with Gasteiger partial charge in [0.1, 0.15) is 23.7 Å². The zero-order chi connectivity index (χ0) is 31.8. The molecule has 5 rings (SSSR count). The van der Waals surface area contributed by atoms with E-state index in [9.17, 15) is 14.4 Å². The topological polar surface area (TPSA) is 113 Å². The van der Waals surface area contributed by atoms with Gasteiger partial charge in [-0.15, -0.1) is 0 Å². The van der Waals surface area contributed by atoms with Gasteiger partial charge in [-0.25, -0.2) is 9.79 Å².